The lowest BCUT2D eigenvalue weighted by atomic mass is 9.77. The van der Waals surface area contributed by atoms with E-state index < -0.39 is 0 Å². The smallest absolute Gasteiger partial charge is 0.120 e. The molecule has 0 saturated heterocycles. The summed E-state index contributed by atoms with van der Waals surface area (Å²) in [4.78, 5) is 0. The van der Waals surface area contributed by atoms with E-state index in [1.54, 1.807) is 0 Å². The highest BCUT2D eigenvalue weighted by Gasteiger charge is 2.25. The molecule has 2 rings (SSSR count). The first-order chi connectivity index (χ1) is 7.96. The van der Waals surface area contributed by atoms with Crippen LogP contribution in [-0.2, 0) is 0 Å². The minimum absolute atomic E-state index is 0.141. The van der Waals surface area contributed by atoms with E-state index in [1.165, 1.54) is 24.8 Å². The van der Waals surface area contributed by atoms with Gasteiger partial charge in [-0.05, 0) is 57.2 Å². The Morgan fingerprint density at radius 3 is 2.18 bits per heavy atom. The van der Waals surface area contributed by atoms with Crippen molar-refractivity contribution in [3.8, 4) is 5.75 Å². The van der Waals surface area contributed by atoms with Crippen LogP contribution in [0.1, 0.15) is 51.6 Å². The Morgan fingerprint density at radius 2 is 1.76 bits per heavy atom. The van der Waals surface area contributed by atoms with Crippen LogP contribution in [0, 0.1) is 5.92 Å². The second-order valence-electron chi connectivity index (χ2n) is 6.00. The molecule has 17 heavy (non-hydrogen) atoms. The Balaban J connectivity index is 2.02. The van der Waals surface area contributed by atoms with Gasteiger partial charge in [-0.15, -0.1) is 0 Å². The Kier molecular flexibility index (Phi) is 3.43. The van der Waals surface area contributed by atoms with Gasteiger partial charge in [0, 0.05) is 6.04 Å². The number of nitrogens with two attached hydrogens (primary N) is 1. The molecule has 0 radical (unpaired) electrons. The lowest BCUT2D eigenvalue weighted by Crippen LogP contribution is -2.27. The Hall–Kier alpha value is -1.02. The first-order valence-corrected chi connectivity index (χ1v) is 6.50. The minimum atomic E-state index is -0.141. The number of ether oxygens (including phenoxy) is 1. The number of rotatable bonds is 3. The van der Waals surface area contributed by atoms with E-state index in [0.717, 1.165) is 5.75 Å². The first kappa shape index (κ1) is 12.4. The van der Waals surface area contributed by atoms with Gasteiger partial charge in [0.25, 0.3) is 0 Å². The summed E-state index contributed by atoms with van der Waals surface area (Å²) in [5.74, 6) is 1.60. The largest absolute Gasteiger partial charge is 0.488 e. The van der Waals surface area contributed by atoms with Crippen molar-refractivity contribution in [3.63, 3.8) is 0 Å². The maximum Gasteiger partial charge on any atom is 0.120 e. The van der Waals surface area contributed by atoms with Crippen LogP contribution >= 0.6 is 0 Å². The van der Waals surface area contributed by atoms with E-state index in [1.807, 2.05) is 12.1 Å². The third-order valence-corrected chi connectivity index (χ3v) is 3.35. The third-order valence-electron chi connectivity index (χ3n) is 3.35. The van der Waals surface area contributed by atoms with Gasteiger partial charge in [-0.25, -0.2) is 0 Å². The van der Waals surface area contributed by atoms with Crippen molar-refractivity contribution in [2.24, 2.45) is 11.7 Å². The van der Waals surface area contributed by atoms with Crippen molar-refractivity contribution in [1.82, 2.24) is 0 Å². The molecular formula is C15H23NO. The quantitative estimate of drug-likeness (QED) is 0.864. The standard InChI is InChI=1S/C15H23NO/c1-15(2,3)17-13-9-7-12(8-10-13)14(16)11-5-4-6-11/h7-11,14H,4-6,16H2,1-3H3/t14-/m1/s1. The molecule has 2 heteroatoms. The lowest BCUT2D eigenvalue weighted by Gasteiger charge is -2.31. The average Bonchev–Trinajstić information content (AvgIpc) is 2.13. The van der Waals surface area contributed by atoms with E-state index in [2.05, 4.69) is 32.9 Å². The molecule has 1 fully saturated rings. The highest BCUT2D eigenvalue weighted by molar-refractivity contribution is 5.30. The van der Waals surface area contributed by atoms with Crippen molar-refractivity contribution < 1.29 is 4.74 Å². The molecular weight excluding hydrogens is 210 g/mol. The molecule has 1 aliphatic rings. The van der Waals surface area contributed by atoms with Crippen LogP contribution in [0.4, 0.5) is 0 Å². The predicted octanol–water partition coefficient (Wildman–Crippen LogP) is 3.66. The summed E-state index contributed by atoms with van der Waals surface area (Å²) in [5, 5.41) is 0. The molecule has 0 heterocycles. The van der Waals surface area contributed by atoms with Crippen LogP contribution in [-0.4, -0.2) is 5.60 Å². The molecule has 1 atom stereocenters. The molecule has 0 spiro atoms. The van der Waals surface area contributed by atoms with Gasteiger partial charge >= 0.3 is 0 Å². The molecule has 0 amide bonds. The van der Waals surface area contributed by atoms with Crippen molar-refractivity contribution in [1.29, 1.82) is 0 Å². The summed E-state index contributed by atoms with van der Waals surface area (Å²) in [5.41, 5.74) is 7.33. The highest BCUT2D eigenvalue weighted by Crippen LogP contribution is 2.36. The monoisotopic (exact) mass is 233 g/mol. The summed E-state index contributed by atoms with van der Waals surface area (Å²) < 4.78 is 5.80. The van der Waals surface area contributed by atoms with Gasteiger partial charge in [0.1, 0.15) is 11.4 Å². The topological polar surface area (TPSA) is 35.2 Å². The molecule has 2 N–H and O–H groups in total. The van der Waals surface area contributed by atoms with Gasteiger partial charge in [0.05, 0.1) is 0 Å². The van der Waals surface area contributed by atoms with Crippen molar-refractivity contribution in [2.75, 3.05) is 0 Å². The van der Waals surface area contributed by atoms with E-state index in [4.69, 9.17) is 10.5 Å². The second-order valence-corrected chi connectivity index (χ2v) is 6.00. The highest BCUT2D eigenvalue weighted by atomic mass is 16.5. The van der Waals surface area contributed by atoms with Crippen LogP contribution in [0.3, 0.4) is 0 Å². The van der Waals surface area contributed by atoms with Crippen LogP contribution < -0.4 is 10.5 Å². The van der Waals surface area contributed by atoms with E-state index in [0.29, 0.717) is 5.92 Å². The van der Waals surface area contributed by atoms with Crippen LogP contribution in [0.25, 0.3) is 0 Å². The van der Waals surface area contributed by atoms with Gasteiger partial charge < -0.3 is 10.5 Å². The van der Waals surface area contributed by atoms with E-state index >= 15 is 0 Å². The number of hydrogen-bond acceptors (Lipinski definition) is 2. The predicted molar refractivity (Wildman–Crippen MR) is 71.1 cm³/mol. The first-order valence-electron chi connectivity index (χ1n) is 6.50. The molecule has 1 aromatic rings. The molecule has 1 saturated carbocycles. The Morgan fingerprint density at radius 1 is 1.18 bits per heavy atom. The summed E-state index contributed by atoms with van der Waals surface area (Å²) in [7, 11) is 0. The fourth-order valence-corrected chi connectivity index (χ4v) is 2.18. The molecule has 1 aliphatic carbocycles. The van der Waals surface area contributed by atoms with Crippen molar-refractivity contribution in [3.05, 3.63) is 29.8 Å². The normalized spacial score (nSPS) is 18.6. The van der Waals surface area contributed by atoms with E-state index in [-0.39, 0.29) is 11.6 Å². The molecule has 0 aromatic heterocycles. The number of benzene rings is 1. The summed E-state index contributed by atoms with van der Waals surface area (Å²) in [6.45, 7) is 6.17. The Bertz CT molecular complexity index is 360. The summed E-state index contributed by atoms with van der Waals surface area (Å²) >= 11 is 0. The van der Waals surface area contributed by atoms with Gasteiger partial charge in [0.2, 0.25) is 0 Å². The van der Waals surface area contributed by atoms with Gasteiger partial charge in [-0.3, -0.25) is 0 Å². The third kappa shape index (κ3) is 3.22. The maximum atomic E-state index is 6.24. The molecule has 2 nitrogen and oxygen atoms in total. The average molecular weight is 233 g/mol. The molecule has 0 unspecified atom stereocenters. The lowest BCUT2D eigenvalue weighted by molar-refractivity contribution is 0.131. The second kappa shape index (κ2) is 4.69. The van der Waals surface area contributed by atoms with Gasteiger partial charge in [0.15, 0.2) is 0 Å². The molecule has 0 bridgehead atoms. The minimum Gasteiger partial charge on any atom is -0.488 e. The SMILES string of the molecule is CC(C)(C)Oc1ccc([C@H](N)C2CCC2)cc1. The fourth-order valence-electron chi connectivity index (χ4n) is 2.18. The molecule has 94 valence electrons. The van der Waals surface area contributed by atoms with Gasteiger partial charge in [-0.1, -0.05) is 18.6 Å². The summed E-state index contributed by atoms with van der Waals surface area (Å²) in [6, 6.07) is 8.46. The van der Waals surface area contributed by atoms with Crippen LogP contribution in [0.15, 0.2) is 24.3 Å². The molecule has 0 aliphatic heterocycles. The maximum absolute atomic E-state index is 6.24. The number of hydrogen-bond donors (Lipinski definition) is 1. The summed E-state index contributed by atoms with van der Waals surface area (Å²) in [6.07, 6.45) is 3.90. The van der Waals surface area contributed by atoms with Crippen molar-refractivity contribution >= 4 is 0 Å². The van der Waals surface area contributed by atoms with E-state index in [9.17, 15) is 0 Å². The Labute approximate surface area is 104 Å². The molecule has 1 aromatic carbocycles. The van der Waals surface area contributed by atoms with Crippen LogP contribution in [0.2, 0.25) is 0 Å². The fraction of sp³-hybridized carbons (Fsp3) is 0.600. The van der Waals surface area contributed by atoms with Crippen molar-refractivity contribution in [2.45, 2.75) is 51.7 Å². The van der Waals surface area contributed by atoms with Crippen LogP contribution in [0.5, 0.6) is 5.75 Å². The zero-order valence-corrected chi connectivity index (χ0v) is 11.1. The zero-order chi connectivity index (χ0) is 12.5. The zero-order valence-electron chi connectivity index (χ0n) is 11.1. The van der Waals surface area contributed by atoms with Gasteiger partial charge in [-0.2, -0.15) is 0 Å².